The van der Waals surface area contributed by atoms with Crippen LogP contribution in [0.4, 0.5) is 0 Å². The van der Waals surface area contributed by atoms with Crippen molar-refractivity contribution >= 4 is 0 Å². The first-order valence-electron chi connectivity index (χ1n) is 5.32. The summed E-state index contributed by atoms with van der Waals surface area (Å²) in [6.07, 6.45) is 0.707. The first-order chi connectivity index (χ1) is 7.19. The lowest BCUT2D eigenvalue weighted by atomic mass is 9.99. The molecule has 0 spiro atoms. The second kappa shape index (κ2) is 5.85. The monoisotopic (exact) mass is 209 g/mol. The van der Waals surface area contributed by atoms with E-state index >= 15 is 0 Å². The Hall–Kier alpha value is -0.900. The van der Waals surface area contributed by atoms with Gasteiger partial charge in [-0.2, -0.15) is 0 Å². The smallest absolute Gasteiger partial charge is 0.0941 e. The molecule has 1 aromatic carbocycles. The second-order valence-corrected chi connectivity index (χ2v) is 3.72. The van der Waals surface area contributed by atoms with Crippen LogP contribution in [-0.4, -0.2) is 22.9 Å². The Balaban J connectivity index is 2.69. The van der Waals surface area contributed by atoms with Crippen LogP contribution < -0.4 is 5.73 Å². The van der Waals surface area contributed by atoms with Gasteiger partial charge in [-0.3, -0.25) is 0 Å². The van der Waals surface area contributed by atoms with Gasteiger partial charge in [0, 0.05) is 12.6 Å². The number of aliphatic hydroxyl groups is 2. The standard InChI is InChI=1S/C12H19NO2/c1-2-9-3-5-10(6-4-9)12(15)11(13)7-8-14/h3-6,11-12,14-15H,2,7-8,13H2,1H3. The van der Waals surface area contributed by atoms with Crippen LogP contribution in [0, 0.1) is 0 Å². The van der Waals surface area contributed by atoms with Crippen LogP contribution in [0.25, 0.3) is 0 Å². The lowest BCUT2D eigenvalue weighted by Crippen LogP contribution is -2.29. The van der Waals surface area contributed by atoms with E-state index in [1.165, 1.54) is 5.56 Å². The molecule has 0 amide bonds. The second-order valence-electron chi connectivity index (χ2n) is 3.72. The normalized spacial score (nSPS) is 14.9. The maximum Gasteiger partial charge on any atom is 0.0941 e. The van der Waals surface area contributed by atoms with Crippen LogP contribution >= 0.6 is 0 Å². The van der Waals surface area contributed by atoms with Gasteiger partial charge in [0.1, 0.15) is 0 Å². The van der Waals surface area contributed by atoms with E-state index in [0.717, 1.165) is 12.0 Å². The van der Waals surface area contributed by atoms with Crippen LogP contribution in [0.2, 0.25) is 0 Å². The molecule has 0 aliphatic rings. The van der Waals surface area contributed by atoms with Gasteiger partial charge in [-0.1, -0.05) is 31.2 Å². The number of benzene rings is 1. The summed E-state index contributed by atoms with van der Waals surface area (Å²) in [5, 5.41) is 18.6. The van der Waals surface area contributed by atoms with E-state index < -0.39 is 12.1 Å². The summed E-state index contributed by atoms with van der Waals surface area (Å²) in [6.45, 7) is 2.09. The molecule has 4 N–H and O–H groups in total. The third kappa shape index (κ3) is 3.30. The van der Waals surface area contributed by atoms with Gasteiger partial charge in [-0.15, -0.1) is 0 Å². The molecule has 2 atom stereocenters. The zero-order valence-electron chi connectivity index (χ0n) is 9.06. The molecule has 0 saturated carbocycles. The first-order valence-corrected chi connectivity index (χ1v) is 5.32. The molecule has 0 radical (unpaired) electrons. The van der Waals surface area contributed by atoms with Crippen molar-refractivity contribution in [3.63, 3.8) is 0 Å². The molecule has 0 aliphatic carbocycles. The number of nitrogens with two attached hydrogens (primary N) is 1. The Labute approximate surface area is 90.5 Å². The van der Waals surface area contributed by atoms with Crippen molar-refractivity contribution in [3.8, 4) is 0 Å². The van der Waals surface area contributed by atoms with Crippen molar-refractivity contribution in [1.82, 2.24) is 0 Å². The van der Waals surface area contributed by atoms with Gasteiger partial charge in [0.2, 0.25) is 0 Å². The van der Waals surface area contributed by atoms with E-state index in [4.69, 9.17) is 10.8 Å². The highest BCUT2D eigenvalue weighted by Gasteiger charge is 2.15. The molecule has 0 bridgehead atoms. The summed E-state index contributed by atoms with van der Waals surface area (Å²) in [5.74, 6) is 0. The highest BCUT2D eigenvalue weighted by atomic mass is 16.3. The summed E-state index contributed by atoms with van der Waals surface area (Å²) in [5.41, 5.74) is 7.77. The van der Waals surface area contributed by atoms with Crippen LogP contribution in [0.5, 0.6) is 0 Å². The highest BCUT2D eigenvalue weighted by molar-refractivity contribution is 5.24. The molecule has 15 heavy (non-hydrogen) atoms. The molecule has 2 unspecified atom stereocenters. The number of aliphatic hydroxyl groups excluding tert-OH is 2. The van der Waals surface area contributed by atoms with Gasteiger partial charge in [0.15, 0.2) is 0 Å². The summed E-state index contributed by atoms with van der Waals surface area (Å²) in [6, 6.07) is 7.36. The molecule has 3 heteroatoms. The van der Waals surface area contributed by atoms with Crippen LogP contribution in [0.15, 0.2) is 24.3 Å². The van der Waals surface area contributed by atoms with Gasteiger partial charge in [-0.05, 0) is 24.0 Å². The molecule has 1 rings (SSSR count). The number of rotatable bonds is 5. The van der Waals surface area contributed by atoms with E-state index in [2.05, 4.69) is 6.92 Å². The van der Waals surface area contributed by atoms with Gasteiger partial charge in [0.05, 0.1) is 6.10 Å². The highest BCUT2D eigenvalue weighted by Crippen LogP contribution is 2.18. The van der Waals surface area contributed by atoms with E-state index in [-0.39, 0.29) is 6.61 Å². The Bertz CT molecular complexity index is 284. The third-order valence-corrected chi connectivity index (χ3v) is 2.60. The predicted octanol–water partition coefficient (Wildman–Crippen LogP) is 0.992. The zero-order valence-corrected chi connectivity index (χ0v) is 9.06. The molecule has 0 heterocycles. The molecule has 0 fully saturated rings. The maximum atomic E-state index is 9.85. The zero-order chi connectivity index (χ0) is 11.3. The topological polar surface area (TPSA) is 66.5 Å². The van der Waals surface area contributed by atoms with Crippen molar-refractivity contribution < 1.29 is 10.2 Å². The number of hydrogen-bond donors (Lipinski definition) is 3. The summed E-state index contributed by atoms with van der Waals surface area (Å²) < 4.78 is 0. The van der Waals surface area contributed by atoms with E-state index in [1.54, 1.807) is 0 Å². The molecule has 0 aliphatic heterocycles. The molecular weight excluding hydrogens is 190 g/mol. The minimum atomic E-state index is -0.692. The van der Waals surface area contributed by atoms with Crippen molar-refractivity contribution in [2.24, 2.45) is 5.73 Å². The lowest BCUT2D eigenvalue weighted by Gasteiger charge is -2.18. The van der Waals surface area contributed by atoms with E-state index in [0.29, 0.717) is 6.42 Å². The number of aryl methyl sites for hydroxylation is 1. The van der Waals surface area contributed by atoms with Gasteiger partial charge < -0.3 is 15.9 Å². The van der Waals surface area contributed by atoms with Crippen LogP contribution in [0.1, 0.15) is 30.6 Å². The summed E-state index contributed by atoms with van der Waals surface area (Å²) in [4.78, 5) is 0. The SMILES string of the molecule is CCc1ccc(C(O)C(N)CCO)cc1. The molecule has 1 aromatic rings. The van der Waals surface area contributed by atoms with Gasteiger partial charge >= 0.3 is 0 Å². The van der Waals surface area contributed by atoms with Gasteiger partial charge in [-0.25, -0.2) is 0 Å². The summed E-state index contributed by atoms with van der Waals surface area (Å²) in [7, 11) is 0. The molecule has 0 aromatic heterocycles. The van der Waals surface area contributed by atoms with E-state index in [1.807, 2.05) is 24.3 Å². The van der Waals surface area contributed by atoms with E-state index in [9.17, 15) is 5.11 Å². The molecule has 3 nitrogen and oxygen atoms in total. The fourth-order valence-electron chi connectivity index (χ4n) is 1.50. The van der Waals surface area contributed by atoms with Gasteiger partial charge in [0.25, 0.3) is 0 Å². The Morgan fingerprint density at radius 2 is 1.87 bits per heavy atom. The average Bonchev–Trinajstić information content (AvgIpc) is 2.28. The fraction of sp³-hybridized carbons (Fsp3) is 0.500. The fourth-order valence-corrected chi connectivity index (χ4v) is 1.50. The molecule has 84 valence electrons. The predicted molar refractivity (Wildman–Crippen MR) is 60.5 cm³/mol. The first kappa shape index (κ1) is 12.2. The minimum absolute atomic E-state index is 0.00523. The quantitative estimate of drug-likeness (QED) is 0.677. The van der Waals surface area contributed by atoms with Crippen molar-refractivity contribution in [3.05, 3.63) is 35.4 Å². The largest absolute Gasteiger partial charge is 0.396 e. The third-order valence-electron chi connectivity index (χ3n) is 2.60. The molecular formula is C12H19NO2. The summed E-state index contributed by atoms with van der Waals surface area (Å²) >= 11 is 0. The van der Waals surface area contributed by atoms with Crippen LogP contribution in [-0.2, 0) is 6.42 Å². The minimum Gasteiger partial charge on any atom is -0.396 e. The Morgan fingerprint density at radius 1 is 1.27 bits per heavy atom. The van der Waals surface area contributed by atoms with Crippen molar-refractivity contribution in [1.29, 1.82) is 0 Å². The lowest BCUT2D eigenvalue weighted by molar-refractivity contribution is 0.129. The van der Waals surface area contributed by atoms with Crippen LogP contribution in [0.3, 0.4) is 0 Å². The van der Waals surface area contributed by atoms with Crippen molar-refractivity contribution in [2.45, 2.75) is 31.9 Å². The Morgan fingerprint density at radius 3 is 2.33 bits per heavy atom. The Kier molecular flexibility index (Phi) is 4.75. The molecule has 0 saturated heterocycles. The van der Waals surface area contributed by atoms with Crippen molar-refractivity contribution in [2.75, 3.05) is 6.61 Å². The number of hydrogen-bond acceptors (Lipinski definition) is 3. The maximum absolute atomic E-state index is 9.85. The average molecular weight is 209 g/mol.